The fraction of sp³-hybridized carbons (Fsp3) is 0.310. The molecular formula is C29H28FN5O2. The number of nitrogens with one attached hydrogen (secondary N) is 3. The maximum atomic E-state index is 13.6. The molecule has 3 heterocycles. The zero-order valence-electron chi connectivity index (χ0n) is 20.6. The Hall–Kier alpha value is -4.07. The largest absolute Gasteiger partial charge is 0.350 e. The summed E-state index contributed by atoms with van der Waals surface area (Å²) in [4.78, 5) is 30.8. The summed E-state index contributed by atoms with van der Waals surface area (Å²) in [6, 6.07) is 10.1. The molecular weight excluding hydrogens is 469 g/mol. The number of pyridine rings is 1. The molecule has 1 aliphatic heterocycles. The number of carbonyl (C=O) groups excluding carboxylic acids is 2. The Morgan fingerprint density at radius 2 is 2.05 bits per heavy atom. The highest BCUT2D eigenvalue weighted by atomic mass is 19.1. The minimum absolute atomic E-state index is 0.0847. The maximum absolute atomic E-state index is 13.6. The first kappa shape index (κ1) is 23.3. The second-order valence-corrected chi connectivity index (χ2v) is 10.3. The van der Waals surface area contributed by atoms with Crippen LogP contribution in [0.5, 0.6) is 0 Å². The Morgan fingerprint density at radius 3 is 2.81 bits per heavy atom. The van der Waals surface area contributed by atoms with Gasteiger partial charge in [-0.3, -0.25) is 19.7 Å². The van der Waals surface area contributed by atoms with Crippen LogP contribution in [0.4, 0.5) is 10.2 Å². The van der Waals surface area contributed by atoms with E-state index in [1.165, 1.54) is 12.1 Å². The van der Waals surface area contributed by atoms with Gasteiger partial charge in [0.15, 0.2) is 11.5 Å². The molecule has 8 heteroatoms. The van der Waals surface area contributed by atoms with Gasteiger partial charge in [0.2, 0.25) is 0 Å². The number of amides is 1. The summed E-state index contributed by atoms with van der Waals surface area (Å²) >= 11 is 0. The van der Waals surface area contributed by atoms with Gasteiger partial charge in [0, 0.05) is 47.5 Å². The van der Waals surface area contributed by atoms with Gasteiger partial charge in [0.25, 0.3) is 5.91 Å². The van der Waals surface area contributed by atoms with Crippen LogP contribution >= 0.6 is 0 Å². The number of allylic oxidation sites excluding steroid dienone is 3. The monoisotopic (exact) mass is 497 g/mol. The Kier molecular flexibility index (Phi) is 5.94. The molecule has 2 aromatic heterocycles. The number of carbonyl (C=O) groups is 2. The Labute approximate surface area is 214 Å². The van der Waals surface area contributed by atoms with Crippen molar-refractivity contribution in [3.05, 3.63) is 82.7 Å². The normalized spacial score (nSPS) is 21.0. The van der Waals surface area contributed by atoms with Gasteiger partial charge in [-0.15, -0.1) is 0 Å². The van der Waals surface area contributed by atoms with Crippen molar-refractivity contribution in [2.75, 3.05) is 11.9 Å². The van der Waals surface area contributed by atoms with Gasteiger partial charge in [-0.2, -0.15) is 5.10 Å². The third kappa shape index (κ3) is 4.71. The van der Waals surface area contributed by atoms with Gasteiger partial charge >= 0.3 is 0 Å². The molecule has 3 aliphatic rings. The van der Waals surface area contributed by atoms with Crippen molar-refractivity contribution in [1.29, 1.82) is 0 Å². The van der Waals surface area contributed by atoms with Crippen LogP contribution in [-0.4, -0.2) is 33.4 Å². The van der Waals surface area contributed by atoms with E-state index in [0.717, 1.165) is 36.1 Å². The Morgan fingerprint density at radius 1 is 1.19 bits per heavy atom. The van der Waals surface area contributed by atoms with E-state index in [-0.39, 0.29) is 23.4 Å². The first-order valence-electron chi connectivity index (χ1n) is 12.8. The zero-order chi connectivity index (χ0) is 25.5. The molecule has 188 valence electrons. The van der Waals surface area contributed by atoms with Crippen LogP contribution in [0.3, 0.4) is 0 Å². The standard InChI is InChI=1S/C29H28FN5O2/c1-16-11-23-25(24(36)12-16)22(26-27(34-35-28(26)33-23)29(37)32-14-17-5-6-17)10-9-21-8-7-19(15-31-21)18-3-2-4-20(30)13-18/h2-4,7-10,13,15-17,22H,5-6,11-12,14H2,1H3,(H,32,37)(H2,33,34,35)/b10-9+. The lowest BCUT2D eigenvalue weighted by molar-refractivity contribution is -0.117. The minimum Gasteiger partial charge on any atom is -0.350 e. The molecule has 0 spiro atoms. The van der Waals surface area contributed by atoms with E-state index in [1.54, 1.807) is 12.3 Å². The number of H-pyrrole nitrogens is 1. The van der Waals surface area contributed by atoms with Crippen molar-refractivity contribution in [1.82, 2.24) is 20.5 Å². The van der Waals surface area contributed by atoms with E-state index in [1.807, 2.05) is 30.4 Å². The number of halogens is 1. The van der Waals surface area contributed by atoms with Gasteiger partial charge in [0.1, 0.15) is 11.6 Å². The van der Waals surface area contributed by atoms with Gasteiger partial charge in [-0.25, -0.2) is 4.39 Å². The number of anilines is 1. The molecule has 1 fully saturated rings. The number of ketones is 1. The fourth-order valence-corrected chi connectivity index (χ4v) is 5.19. The van der Waals surface area contributed by atoms with Crippen LogP contribution in [0.15, 0.2) is 59.9 Å². The third-order valence-electron chi connectivity index (χ3n) is 7.28. The Balaban J connectivity index is 1.33. The number of fused-ring (bicyclic) bond motifs is 1. The number of benzene rings is 1. The summed E-state index contributed by atoms with van der Waals surface area (Å²) in [5.74, 6) is 0.577. The molecule has 1 aromatic carbocycles. The van der Waals surface area contributed by atoms with E-state index in [2.05, 4.69) is 32.7 Å². The smallest absolute Gasteiger partial charge is 0.272 e. The zero-order valence-corrected chi connectivity index (χ0v) is 20.6. The molecule has 2 atom stereocenters. The highest BCUT2D eigenvalue weighted by Gasteiger charge is 2.39. The predicted molar refractivity (Wildman–Crippen MR) is 139 cm³/mol. The lowest BCUT2D eigenvalue weighted by Gasteiger charge is -2.32. The molecule has 0 radical (unpaired) electrons. The molecule has 0 saturated heterocycles. The number of hydrogen-bond acceptors (Lipinski definition) is 5. The summed E-state index contributed by atoms with van der Waals surface area (Å²) in [7, 11) is 0. The molecule has 2 unspecified atom stereocenters. The lowest BCUT2D eigenvalue weighted by atomic mass is 9.76. The van der Waals surface area contributed by atoms with Gasteiger partial charge < -0.3 is 10.6 Å². The molecule has 0 bridgehead atoms. The van der Waals surface area contributed by atoms with Gasteiger partial charge in [0.05, 0.1) is 5.69 Å². The summed E-state index contributed by atoms with van der Waals surface area (Å²) < 4.78 is 13.6. The number of aromatic nitrogens is 3. The minimum atomic E-state index is -0.420. The van der Waals surface area contributed by atoms with Crippen LogP contribution in [0.25, 0.3) is 17.2 Å². The van der Waals surface area contributed by atoms with Crippen LogP contribution in [0, 0.1) is 17.7 Å². The predicted octanol–water partition coefficient (Wildman–Crippen LogP) is 5.23. The quantitative estimate of drug-likeness (QED) is 0.433. The van der Waals surface area contributed by atoms with E-state index < -0.39 is 5.92 Å². The molecule has 7 nitrogen and oxygen atoms in total. The van der Waals surface area contributed by atoms with Crippen molar-refractivity contribution in [3.63, 3.8) is 0 Å². The summed E-state index contributed by atoms with van der Waals surface area (Å²) in [6.07, 6.45) is 9.01. The van der Waals surface area contributed by atoms with Gasteiger partial charge in [-0.1, -0.05) is 31.2 Å². The maximum Gasteiger partial charge on any atom is 0.272 e. The first-order valence-corrected chi connectivity index (χ1v) is 12.8. The first-order chi connectivity index (χ1) is 18.0. The highest BCUT2D eigenvalue weighted by molar-refractivity contribution is 6.03. The number of aromatic amines is 1. The lowest BCUT2D eigenvalue weighted by Crippen LogP contribution is -2.31. The topological polar surface area (TPSA) is 99.8 Å². The highest BCUT2D eigenvalue weighted by Crippen LogP contribution is 2.44. The van der Waals surface area contributed by atoms with Gasteiger partial charge in [-0.05, 0) is 60.9 Å². The average molecular weight is 498 g/mol. The Bertz CT molecular complexity index is 1430. The van der Waals surface area contributed by atoms with Crippen molar-refractivity contribution in [2.24, 2.45) is 11.8 Å². The average Bonchev–Trinajstić information content (AvgIpc) is 3.62. The summed E-state index contributed by atoms with van der Waals surface area (Å²) in [5.41, 5.74) is 4.83. The van der Waals surface area contributed by atoms with E-state index >= 15 is 0 Å². The van der Waals surface area contributed by atoms with Crippen molar-refractivity contribution in [2.45, 2.75) is 38.5 Å². The van der Waals surface area contributed by atoms with Crippen molar-refractivity contribution >= 4 is 23.6 Å². The van der Waals surface area contributed by atoms with E-state index in [9.17, 15) is 14.0 Å². The number of Topliss-reactive ketones (excluding diaryl/α,β-unsaturated/α-hetero) is 1. The van der Waals surface area contributed by atoms with Crippen molar-refractivity contribution < 1.29 is 14.0 Å². The molecule has 1 saturated carbocycles. The SMILES string of the molecule is CC1CC(=O)C2=C(C1)Nc1[nH]nc(C(=O)NCC3CC3)c1C2/C=C/c1ccc(-c2cccc(F)c2)cn1. The van der Waals surface area contributed by atoms with Crippen LogP contribution < -0.4 is 10.6 Å². The second-order valence-electron chi connectivity index (χ2n) is 10.3. The molecule has 2 aliphatic carbocycles. The molecule has 1 amide bonds. The van der Waals surface area contributed by atoms with E-state index in [0.29, 0.717) is 47.2 Å². The molecule has 37 heavy (non-hydrogen) atoms. The molecule has 6 rings (SSSR count). The van der Waals surface area contributed by atoms with E-state index in [4.69, 9.17) is 0 Å². The number of nitrogens with zero attached hydrogens (tertiary/aromatic N) is 2. The van der Waals surface area contributed by atoms with Crippen LogP contribution in [0.2, 0.25) is 0 Å². The van der Waals surface area contributed by atoms with Crippen LogP contribution in [0.1, 0.15) is 60.3 Å². The van der Waals surface area contributed by atoms with Crippen LogP contribution in [-0.2, 0) is 4.79 Å². The number of hydrogen-bond donors (Lipinski definition) is 3. The summed E-state index contributed by atoms with van der Waals surface area (Å²) in [5, 5.41) is 13.7. The fourth-order valence-electron chi connectivity index (χ4n) is 5.19. The molecule has 3 aromatic rings. The molecule has 3 N–H and O–H groups in total. The third-order valence-corrected chi connectivity index (χ3v) is 7.28. The summed E-state index contributed by atoms with van der Waals surface area (Å²) in [6.45, 7) is 2.71. The van der Waals surface area contributed by atoms with Crippen molar-refractivity contribution in [3.8, 4) is 11.1 Å². The second kappa shape index (κ2) is 9.42. The number of rotatable bonds is 6.